The summed E-state index contributed by atoms with van der Waals surface area (Å²) in [6.07, 6.45) is 0.525. The van der Waals surface area contributed by atoms with Gasteiger partial charge in [0.15, 0.2) is 11.5 Å². The fourth-order valence-corrected chi connectivity index (χ4v) is 3.47. The van der Waals surface area contributed by atoms with E-state index in [0.29, 0.717) is 29.4 Å². The fraction of sp³-hybridized carbons (Fsp3) is 0.423. The van der Waals surface area contributed by atoms with Crippen molar-refractivity contribution in [2.75, 3.05) is 12.4 Å². The monoisotopic (exact) mass is 457 g/mol. The molecule has 0 aliphatic carbocycles. The van der Waals surface area contributed by atoms with Gasteiger partial charge >= 0.3 is 0 Å². The van der Waals surface area contributed by atoms with E-state index in [0.717, 1.165) is 16.8 Å². The van der Waals surface area contributed by atoms with Crippen LogP contribution in [-0.2, 0) is 21.7 Å². The van der Waals surface area contributed by atoms with Crippen LogP contribution in [0.15, 0.2) is 48.7 Å². The van der Waals surface area contributed by atoms with Crippen molar-refractivity contribution in [2.24, 2.45) is 5.41 Å². The molecule has 0 atom stereocenters. The number of phenols is 1. The van der Waals surface area contributed by atoms with Crippen LogP contribution in [0.3, 0.4) is 0 Å². The Kier molecular flexibility index (Phi) is 8.29. The highest BCUT2D eigenvalue weighted by Crippen LogP contribution is 2.38. The average Bonchev–Trinajstić information content (AvgIpc) is 2.68. The van der Waals surface area contributed by atoms with E-state index in [1.54, 1.807) is 31.0 Å². The highest BCUT2D eigenvalue weighted by molar-refractivity contribution is 7.99. The van der Waals surface area contributed by atoms with Crippen molar-refractivity contribution in [1.29, 1.82) is 0 Å². The average molecular weight is 458 g/mol. The molecule has 0 fully saturated rings. The lowest BCUT2D eigenvalue weighted by molar-refractivity contribution is -0.123. The molecular formula is C26H35NO4S. The van der Waals surface area contributed by atoms with Gasteiger partial charge in [0.2, 0.25) is 5.91 Å². The second-order valence-electron chi connectivity index (χ2n) is 9.75. The zero-order valence-electron chi connectivity index (χ0n) is 20.2. The predicted octanol–water partition coefficient (Wildman–Crippen LogP) is 6.90. The Bertz CT molecular complexity index is 971. The van der Waals surface area contributed by atoms with Crippen LogP contribution in [0.25, 0.3) is 0 Å². The summed E-state index contributed by atoms with van der Waals surface area (Å²) < 4.78 is 11.4. The molecule has 5 nitrogen and oxygen atoms in total. The third-order valence-electron chi connectivity index (χ3n) is 4.59. The van der Waals surface area contributed by atoms with Crippen molar-refractivity contribution in [2.45, 2.75) is 58.5 Å². The first kappa shape index (κ1) is 25.7. The van der Waals surface area contributed by atoms with Crippen LogP contribution in [0, 0.1) is 5.41 Å². The number of allylic oxidation sites excluding steroid dienone is 1. The Labute approximate surface area is 196 Å². The number of nitrogens with one attached hydrogen (secondary N) is 1. The Morgan fingerprint density at radius 1 is 1.06 bits per heavy atom. The Hall–Kier alpha value is -2.60. The highest BCUT2D eigenvalue weighted by atomic mass is 32.2. The zero-order chi connectivity index (χ0) is 24.1. The highest BCUT2D eigenvalue weighted by Gasteiger charge is 2.22. The fourth-order valence-electron chi connectivity index (χ4n) is 2.65. The number of hydrogen-bond donors (Lipinski definition) is 2. The minimum absolute atomic E-state index is 0.0516. The van der Waals surface area contributed by atoms with Gasteiger partial charge in [0.1, 0.15) is 5.75 Å². The first-order valence-electron chi connectivity index (χ1n) is 10.6. The normalized spacial score (nSPS) is 11.7. The van der Waals surface area contributed by atoms with Gasteiger partial charge in [0, 0.05) is 33.6 Å². The summed E-state index contributed by atoms with van der Waals surface area (Å²) in [4.78, 5) is 12.4. The maximum absolute atomic E-state index is 12.4. The molecule has 0 saturated heterocycles. The van der Waals surface area contributed by atoms with E-state index < -0.39 is 5.41 Å². The van der Waals surface area contributed by atoms with E-state index in [-0.39, 0.29) is 16.4 Å². The topological polar surface area (TPSA) is 67.8 Å². The van der Waals surface area contributed by atoms with Crippen molar-refractivity contribution < 1.29 is 19.4 Å². The number of rotatable bonds is 8. The van der Waals surface area contributed by atoms with Gasteiger partial charge in [-0.2, -0.15) is 11.8 Å². The van der Waals surface area contributed by atoms with Gasteiger partial charge in [-0.1, -0.05) is 54.2 Å². The molecule has 0 heterocycles. The summed E-state index contributed by atoms with van der Waals surface area (Å²) in [7, 11) is 1.58. The van der Waals surface area contributed by atoms with Crippen LogP contribution in [-0.4, -0.2) is 22.9 Å². The molecule has 2 rings (SSSR count). The van der Waals surface area contributed by atoms with Crippen LogP contribution in [0.5, 0.6) is 17.2 Å². The van der Waals surface area contributed by atoms with Crippen LogP contribution in [0.2, 0.25) is 0 Å². The minimum Gasteiger partial charge on any atom is -0.504 e. The Morgan fingerprint density at radius 3 is 2.34 bits per heavy atom. The number of benzene rings is 2. The van der Waals surface area contributed by atoms with E-state index >= 15 is 0 Å². The number of phenolic OH excluding ortho intramolecular Hbond substituents is 1. The number of anilines is 1. The number of methoxy groups -OCH3 is 1. The molecule has 0 unspecified atom stereocenters. The molecule has 0 aromatic heterocycles. The summed E-state index contributed by atoms with van der Waals surface area (Å²) in [5.74, 6) is 2.32. The van der Waals surface area contributed by atoms with E-state index in [4.69, 9.17) is 9.47 Å². The second-order valence-corrected chi connectivity index (χ2v) is 11.6. The van der Waals surface area contributed by atoms with Crippen LogP contribution >= 0.6 is 11.8 Å². The maximum Gasteiger partial charge on any atom is 0.229 e. The predicted molar refractivity (Wildman–Crippen MR) is 134 cm³/mol. The van der Waals surface area contributed by atoms with Crippen LogP contribution < -0.4 is 10.1 Å². The van der Waals surface area contributed by atoms with Gasteiger partial charge in [0.05, 0.1) is 12.9 Å². The number of aromatic hydroxyl groups is 1. The molecule has 174 valence electrons. The molecule has 2 aromatic carbocycles. The number of hydrogen-bond acceptors (Lipinski definition) is 5. The van der Waals surface area contributed by atoms with Gasteiger partial charge in [-0.25, -0.2) is 0 Å². The summed E-state index contributed by atoms with van der Waals surface area (Å²) in [5.41, 5.74) is 2.08. The number of thioether (sulfide) groups is 1. The van der Waals surface area contributed by atoms with E-state index in [9.17, 15) is 9.90 Å². The summed E-state index contributed by atoms with van der Waals surface area (Å²) in [5, 5.41) is 13.3. The molecule has 0 radical (unpaired) electrons. The number of carbonyl (C=O) groups excluding carboxylic acids is 1. The number of carbonyl (C=O) groups is 1. The molecule has 1 amide bonds. The smallest absolute Gasteiger partial charge is 0.229 e. The third-order valence-corrected chi connectivity index (χ3v) is 5.92. The van der Waals surface area contributed by atoms with Crippen molar-refractivity contribution in [3.63, 3.8) is 0 Å². The van der Waals surface area contributed by atoms with Crippen LogP contribution in [0.4, 0.5) is 5.69 Å². The lowest BCUT2D eigenvalue weighted by Gasteiger charge is -2.21. The summed E-state index contributed by atoms with van der Waals surface area (Å²) >= 11 is 1.78. The van der Waals surface area contributed by atoms with Gasteiger partial charge in [-0.05, 0) is 35.9 Å². The number of amides is 1. The molecule has 2 aromatic rings. The molecule has 0 aliphatic rings. The van der Waals surface area contributed by atoms with Crippen molar-refractivity contribution in [3.05, 3.63) is 59.9 Å². The van der Waals surface area contributed by atoms with Gasteiger partial charge < -0.3 is 19.9 Å². The second kappa shape index (κ2) is 10.3. The summed E-state index contributed by atoms with van der Waals surface area (Å²) in [6.45, 7) is 16.0. The van der Waals surface area contributed by atoms with Crippen LogP contribution in [0.1, 0.15) is 52.7 Å². The Balaban J connectivity index is 2.36. The van der Waals surface area contributed by atoms with Gasteiger partial charge in [-0.3, -0.25) is 4.79 Å². The van der Waals surface area contributed by atoms with E-state index in [2.05, 4.69) is 32.7 Å². The van der Waals surface area contributed by atoms with Gasteiger partial charge in [-0.15, -0.1) is 0 Å². The zero-order valence-corrected chi connectivity index (χ0v) is 21.0. The first-order valence-corrected chi connectivity index (χ1v) is 11.6. The number of ether oxygens (including phenoxy) is 2. The van der Waals surface area contributed by atoms with Crippen molar-refractivity contribution in [1.82, 2.24) is 0 Å². The molecule has 0 spiro atoms. The molecule has 2 N–H and O–H groups in total. The lowest BCUT2D eigenvalue weighted by atomic mass is 9.95. The third kappa shape index (κ3) is 7.83. The molecule has 6 heteroatoms. The molecule has 0 aliphatic heterocycles. The molecule has 0 saturated carbocycles. The van der Waals surface area contributed by atoms with E-state index in [1.807, 2.05) is 45.0 Å². The maximum atomic E-state index is 12.4. The van der Waals surface area contributed by atoms with Crippen molar-refractivity contribution >= 4 is 23.4 Å². The lowest BCUT2D eigenvalue weighted by Crippen LogP contribution is -2.27. The van der Waals surface area contributed by atoms with Crippen molar-refractivity contribution in [3.8, 4) is 17.2 Å². The quantitative estimate of drug-likeness (QED) is 0.422. The molecular weight excluding hydrogens is 422 g/mol. The standard InChI is InChI=1S/C26H35NO4S/c1-17(30-8)13-18-9-11-21(28)23(14-18)31-22-12-10-20(27-24(29)25(2,3)4)15-19(22)16-32-26(5,6)7/h9-12,14-15,28H,1,13,16H2,2-8H3,(H,27,29). The summed E-state index contributed by atoms with van der Waals surface area (Å²) in [6, 6.07) is 10.8. The molecule has 0 bridgehead atoms. The van der Waals surface area contributed by atoms with E-state index in [1.165, 1.54) is 0 Å². The minimum atomic E-state index is -0.492. The Morgan fingerprint density at radius 2 is 1.75 bits per heavy atom. The van der Waals surface area contributed by atoms with Gasteiger partial charge in [0.25, 0.3) is 0 Å². The SMILES string of the molecule is C=C(Cc1ccc(O)c(Oc2ccc(NC(=O)C(C)(C)C)cc2CSC(C)(C)C)c1)OC. The largest absolute Gasteiger partial charge is 0.504 e. The first-order chi connectivity index (χ1) is 14.8. The molecule has 32 heavy (non-hydrogen) atoms.